The van der Waals surface area contributed by atoms with Crippen LogP contribution < -0.4 is 10.2 Å². The number of amides is 1. The number of nitrogens with zero attached hydrogens (tertiary/aromatic N) is 3. The van der Waals surface area contributed by atoms with E-state index in [0.29, 0.717) is 5.69 Å². The van der Waals surface area contributed by atoms with E-state index in [1.54, 1.807) is 6.20 Å². The van der Waals surface area contributed by atoms with Gasteiger partial charge in [0, 0.05) is 37.6 Å². The summed E-state index contributed by atoms with van der Waals surface area (Å²) in [6.45, 7) is 15.1. The van der Waals surface area contributed by atoms with Crippen LogP contribution in [0.2, 0.25) is 0 Å². The lowest BCUT2D eigenvalue weighted by molar-refractivity contribution is -0.00522. The van der Waals surface area contributed by atoms with Gasteiger partial charge in [0.05, 0.1) is 12.2 Å². The lowest BCUT2D eigenvalue weighted by Crippen LogP contribution is -2.45. The fraction of sp³-hybridized carbons (Fsp3) is 0.700. The molecule has 0 radical (unpaired) electrons. The normalized spacial score (nSPS) is 21.7. The second kappa shape index (κ2) is 9.88. The summed E-state index contributed by atoms with van der Waals surface area (Å²) in [5.41, 5.74) is 1.50. The van der Waals surface area contributed by atoms with E-state index in [9.17, 15) is 4.79 Å². The first kappa shape index (κ1) is 20.6. The number of likely N-dealkylation sites (N-methyl/N-ethyl adjacent to an activating group) is 1. The first-order valence-electron chi connectivity index (χ1n) is 9.82. The van der Waals surface area contributed by atoms with E-state index in [0.717, 1.165) is 44.8 Å². The van der Waals surface area contributed by atoms with Gasteiger partial charge in [-0.25, -0.2) is 0 Å². The number of nitrogens with one attached hydrogen (secondary N) is 1. The van der Waals surface area contributed by atoms with Gasteiger partial charge in [0.2, 0.25) is 0 Å². The third-order valence-corrected chi connectivity index (χ3v) is 4.66. The molecule has 6 nitrogen and oxygen atoms in total. The van der Waals surface area contributed by atoms with Gasteiger partial charge in [-0.3, -0.25) is 9.78 Å². The molecule has 0 unspecified atom stereocenters. The van der Waals surface area contributed by atoms with E-state index in [2.05, 4.69) is 47.8 Å². The Hall–Kier alpha value is -1.66. The zero-order valence-electron chi connectivity index (χ0n) is 16.9. The zero-order valence-corrected chi connectivity index (χ0v) is 16.9. The summed E-state index contributed by atoms with van der Waals surface area (Å²) in [6, 6.07) is 3.93. The fourth-order valence-corrected chi connectivity index (χ4v) is 3.55. The lowest BCUT2D eigenvalue weighted by atomic mass is 10.2. The van der Waals surface area contributed by atoms with Crippen molar-refractivity contribution in [1.29, 1.82) is 0 Å². The number of hydrogen-bond acceptors (Lipinski definition) is 5. The molecule has 1 aromatic heterocycles. The van der Waals surface area contributed by atoms with Crippen molar-refractivity contribution < 1.29 is 9.53 Å². The molecule has 2 rings (SSSR count). The largest absolute Gasteiger partial charge is 0.372 e. The minimum atomic E-state index is -0.110. The molecule has 3 atom stereocenters. The van der Waals surface area contributed by atoms with Crippen molar-refractivity contribution in [2.75, 3.05) is 37.6 Å². The van der Waals surface area contributed by atoms with Gasteiger partial charge in [0.1, 0.15) is 5.69 Å². The van der Waals surface area contributed by atoms with E-state index in [4.69, 9.17) is 4.74 Å². The van der Waals surface area contributed by atoms with Crippen molar-refractivity contribution in [3.05, 3.63) is 24.0 Å². The van der Waals surface area contributed by atoms with Crippen LogP contribution in [0.15, 0.2) is 18.3 Å². The summed E-state index contributed by atoms with van der Waals surface area (Å²) in [5, 5.41) is 3.08. The van der Waals surface area contributed by atoms with Crippen LogP contribution in [0.5, 0.6) is 0 Å². The third-order valence-electron chi connectivity index (χ3n) is 4.66. The number of hydrogen-bond donors (Lipinski definition) is 1. The number of carbonyl (C=O) groups excluding carboxylic acids is 1. The van der Waals surface area contributed by atoms with Crippen molar-refractivity contribution >= 4 is 11.6 Å². The van der Waals surface area contributed by atoms with E-state index in [1.165, 1.54) is 0 Å². The van der Waals surface area contributed by atoms with Crippen LogP contribution in [0, 0.1) is 0 Å². The minimum Gasteiger partial charge on any atom is -0.372 e. The number of morpholine rings is 1. The fourth-order valence-electron chi connectivity index (χ4n) is 3.55. The second-order valence-electron chi connectivity index (χ2n) is 7.33. The Morgan fingerprint density at radius 3 is 2.69 bits per heavy atom. The Balaban J connectivity index is 1.99. The summed E-state index contributed by atoms with van der Waals surface area (Å²) >= 11 is 0. The average Bonchev–Trinajstić information content (AvgIpc) is 2.60. The molecule has 0 aliphatic carbocycles. The first-order valence-corrected chi connectivity index (χ1v) is 9.82. The standard InChI is InChI=1S/C20H34N4O2/c1-6-10-23(7-2)12-15(3)22-20(25)19-11-18(8-9-21-19)24-13-16(4)26-17(5)14-24/h8-9,11,15-17H,6-7,10,12-14H2,1-5H3,(H,22,25)/t15-,16+,17+/m1/s1. The molecule has 1 amide bonds. The summed E-state index contributed by atoms with van der Waals surface area (Å²) in [5.74, 6) is -0.110. The molecule has 26 heavy (non-hydrogen) atoms. The van der Waals surface area contributed by atoms with Gasteiger partial charge in [0.25, 0.3) is 5.91 Å². The molecule has 0 aromatic carbocycles. The maximum absolute atomic E-state index is 12.6. The smallest absolute Gasteiger partial charge is 0.270 e. The average molecular weight is 363 g/mol. The predicted molar refractivity (Wildman–Crippen MR) is 106 cm³/mol. The number of anilines is 1. The van der Waals surface area contributed by atoms with Gasteiger partial charge in [0.15, 0.2) is 0 Å². The molecule has 1 aliphatic rings. The topological polar surface area (TPSA) is 57.7 Å². The van der Waals surface area contributed by atoms with Gasteiger partial charge in [-0.2, -0.15) is 0 Å². The monoisotopic (exact) mass is 362 g/mol. The van der Waals surface area contributed by atoms with Crippen molar-refractivity contribution in [2.24, 2.45) is 0 Å². The number of rotatable bonds is 8. The van der Waals surface area contributed by atoms with Crippen LogP contribution >= 0.6 is 0 Å². The molecule has 1 N–H and O–H groups in total. The Morgan fingerprint density at radius 1 is 1.38 bits per heavy atom. The van der Waals surface area contributed by atoms with E-state index < -0.39 is 0 Å². The van der Waals surface area contributed by atoms with Gasteiger partial charge < -0.3 is 19.9 Å². The number of ether oxygens (including phenoxy) is 1. The molecular weight excluding hydrogens is 328 g/mol. The zero-order chi connectivity index (χ0) is 19.1. The molecule has 1 fully saturated rings. The molecule has 0 bridgehead atoms. The maximum atomic E-state index is 12.6. The van der Waals surface area contributed by atoms with E-state index in [-0.39, 0.29) is 24.2 Å². The van der Waals surface area contributed by atoms with Crippen LogP contribution in [0.4, 0.5) is 5.69 Å². The van der Waals surface area contributed by atoms with Crippen molar-refractivity contribution in [2.45, 2.75) is 59.3 Å². The van der Waals surface area contributed by atoms with Crippen LogP contribution in [0.1, 0.15) is 51.5 Å². The number of aromatic nitrogens is 1. The molecule has 1 aliphatic heterocycles. The number of carbonyl (C=O) groups is 1. The van der Waals surface area contributed by atoms with Crippen molar-refractivity contribution in [1.82, 2.24) is 15.2 Å². The van der Waals surface area contributed by atoms with E-state index >= 15 is 0 Å². The lowest BCUT2D eigenvalue weighted by Gasteiger charge is -2.36. The summed E-state index contributed by atoms with van der Waals surface area (Å²) in [4.78, 5) is 21.5. The highest BCUT2D eigenvalue weighted by Gasteiger charge is 2.23. The molecular formula is C20H34N4O2. The van der Waals surface area contributed by atoms with E-state index in [1.807, 2.05) is 19.1 Å². The molecule has 0 saturated carbocycles. The van der Waals surface area contributed by atoms with Gasteiger partial charge in [-0.1, -0.05) is 13.8 Å². The molecule has 146 valence electrons. The predicted octanol–water partition coefficient (Wildman–Crippen LogP) is 2.55. The first-order chi connectivity index (χ1) is 12.4. The number of pyridine rings is 1. The van der Waals surface area contributed by atoms with Gasteiger partial charge in [-0.05, 0) is 52.4 Å². The quantitative estimate of drug-likeness (QED) is 0.770. The highest BCUT2D eigenvalue weighted by atomic mass is 16.5. The molecule has 6 heteroatoms. The maximum Gasteiger partial charge on any atom is 0.270 e. The van der Waals surface area contributed by atoms with Crippen LogP contribution in [-0.2, 0) is 4.74 Å². The summed E-state index contributed by atoms with van der Waals surface area (Å²) in [7, 11) is 0. The summed E-state index contributed by atoms with van der Waals surface area (Å²) in [6.07, 6.45) is 3.20. The highest BCUT2D eigenvalue weighted by molar-refractivity contribution is 5.93. The van der Waals surface area contributed by atoms with Crippen molar-refractivity contribution in [3.63, 3.8) is 0 Å². The SMILES string of the molecule is CCCN(CC)C[C@@H](C)NC(=O)c1cc(N2C[C@H](C)O[C@@H](C)C2)ccn1. The van der Waals surface area contributed by atoms with Crippen LogP contribution in [-0.4, -0.2) is 66.8 Å². The van der Waals surface area contributed by atoms with Gasteiger partial charge in [-0.15, -0.1) is 0 Å². The summed E-state index contributed by atoms with van der Waals surface area (Å²) < 4.78 is 5.79. The third kappa shape index (κ3) is 5.95. The Morgan fingerprint density at radius 2 is 2.08 bits per heavy atom. The molecule has 0 spiro atoms. The Kier molecular flexibility index (Phi) is 7.85. The molecule has 1 saturated heterocycles. The van der Waals surface area contributed by atoms with Crippen molar-refractivity contribution in [3.8, 4) is 0 Å². The Labute approximate surface area is 157 Å². The molecule has 2 heterocycles. The Bertz CT molecular complexity index is 571. The van der Waals surface area contributed by atoms with Crippen LogP contribution in [0.25, 0.3) is 0 Å². The minimum absolute atomic E-state index is 0.0860. The van der Waals surface area contributed by atoms with Gasteiger partial charge >= 0.3 is 0 Å². The second-order valence-corrected chi connectivity index (χ2v) is 7.33. The highest BCUT2D eigenvalue weighted by Crippen LogP contribution is 2.20. The van der Waals surface area contributed by atoms with Crippen LogP contribution in [0.3, 0.4) is 0 Å². The molecule has 1 aromatic rings.